The Hall–Kier alpha value is -0.980. The monoisotopic (exact) mass is 282 g/mol. The van der Waals surface area contributed by atoms with Crippen LogP contribution in [-0.4, -0.2) is 54.5 Å². The summed E-state index contributed by atoms with van der Waals surface area (Å²) in [6, 6.07) is -0.236. The van der Waals surface area contributed by atoms with Crippen molar-refractivity contribution in [3.05, 3.63) is 16.1 Å². The highest BCUT2D eigenvalue weighted by Crippen LogP contribution is 2.27. The van der Waals surface area contributed by atoms with E-state index in [0.29, 0.717) is 6.67 Å². The average molecular weight is 282 g/mol. The Balaban J connectivity index is 2.13. The van der Waals surface area contributed by atoms with Gasteiger partial charge in [-0.25, -0.2) is 4.98 Å². The number of hydrogen-bond acceptors (Lipinski definition) is 5. The average Bonchev–Trinajstić information content (AvgIpc) is 2.79. The molecule has 0 spiro atoms. The Morgan fingerprint density at radius 2 is 2.42 bits per heavy atom. The van der Waals surface area contributed by atoms with Crippen molar-refractivity contribution in [1.82, 2.24) is 20.1 Å². The van der Waals surface area contributed by atoms with Crippen LogP contribution < -0.4 is 5.32 Å². The Morgan fingerprint density at radius 3 is 3.11 bits per heavy atom. The molecule has 0 saturated heterocycles. The molecule has 1 aromatic heterocycles. The number of thiazole rings is 1. The van der Waals surface area contributed by atoms with Gasteiger partial charge in [-0.2, -0.15) is 0 Å². The number of likely N-dealkylation sites (N-methyl/N-ethyl adjacent to an activating group) is 1. The molecule has 0 fully saturated rings. The molecule has 1 atom stereocenters. The van der Waals surface area contributed by atoms with Crippen LogP contribution in [0.3, 0.4) is 0 Å². The molecule has 0 aliphatic carbocycles. The van der Waals surface area contributed by atoms with Crippen molar-refractivity contribution >= 4 is 17.2 Å². The van der Waals surface area contributed by atoms with Gasteiger partial charge >= 0.3 is 0 Å². The third-order valence-electron chi connectivity index (χ3n) is 3.42. The van der Waals surface area contributed by atoms with Crippen LogP contribution in [-0.2, 0) is 11.2 Å². The minimum absolute atomic E-state index is 0.161. The highest BCUT2D eigenvalue weighted by Gasteiger charge is 2.31. The van der Waals surface area contributed by atoms with Crippen molar-refractivity contribution in [2.24, 2.45) is 0 Å². The zero-order valence-corrected chi connectivity index (χ0v) is 12.7. The number of hydrogen-bond donors (Lipinski definition) is 1. The molecule has 19 heavy (non-hydrogen) atoms. The highest BCUT2D eigenvalue weighted by molar-refractivity contribution is 7.10. The van der Waals surface area contributed by atoms with Gasteiger partial charge in [-0.3, -0.25) is 9.69 Å². The SMILES string of the molecule is CCCN(C)CN1CCc2ncsc2C(NC)C1=O. The molecule has 1 amide bonds. The molecule has 1 N–H and O–H groups in total. The van der Waals surface area contributed by atoms with E-state index in [1.54, 1.807) is 11.3 Å². The van der Waals surface area contributed by atoms with Crippen LogP contribution in [0.1, 0.15) is 30.0 Å². The summed E-state index contributed by atoms with van der Waals surface area (Å²) < 4.78 is 0. The Morgan fingerprint density at radius 1 is 1.63 bits per heavy atom. The van der Waals surface area contributed by atoms with Crippen molar-refractivity contribution in [2.45, 2.75) is 25.8 Å². The maximum Gasteiger partial charge on any atom is 0.246 e. The van der Waals surface area contributed by atoms with Crippen LogP contribution in [0.15, 0.2) is 5.51 Å². The number of nitrogens with zero attached hydrogens (tertiary/aromatic N) is 3. The summed E-state index contributed by atoms with van der Waals surface area (Å²) in [7, 11) is 3.90. The van der Waals surface area contributed by atoms with Crippen LogP contribution in [0.5, 0.6) is 0 Å². The van der Waals surface area contributed by atoms with Crippen molar-refractivity contribution < 1.29 is 4.79 Å². The zero-order chi connectivity index (χ0) is 13.8. The summed E-state index contributed by atoms with van der Waals surface area (Å²) in [6.45, 7) is 4.61. The van der Waals surface area contributed by atoms with Crippen molar-refractivity contribution in [3.63, 3.8) is 0 Å². The minimum Gasteiger partial charge on any atom is -0.328 e. The molecule has 5 nitrogen and oxygen atoms in total. The van der Waals surface area contributed by atoms with Gasteiger partial charge in [-0.05, 0) is 27.1 Å². The number of rotatable bonds is 5. The Kier molecular flexibility index (Phi) is 4.90. The fourth-order valence-electron chi connectivity index (χ4n) is 2.49. The van der Waals surface area contributed by atoms with Gasteiger partial charge in [0.15, 0.2) is 0 Å². The lowest BCUT2D eigenvalue weighted by molar-refractivity contribution is -0.135. The molecular formula is C13H22N4OS. The van der Waals surface area contributed by atoms with E-state index in [-0.39, 0.29) is 11.9 Å². The topological polar surface area (TPSA) is 48.5 Å². The van der Waals surface area contributed by atoms with E-state index in [0.717, 1.165) is 36.5 Å². The fourth-order valence-corrected chi connectivity index (χ4v) is 3.42. The molecule has 2 heterocycles. The molecule has 0 saturated carbocycles. The molecule has 0 aromatic carbocycles. The van der Waals surface area contributed by atoms with Gasteiger partial charge in [0.05, 0.1) is 22.8 Å². The fraction of sp³-hybridized carbons (Fsp3) is 0.692. The largest absolute Gasteiger partial charge is 0.328 e. The first kappa shape index (κ1) is 14.4. The lowest BCUT2D eigenvalue weighted by atomic mass is 10.2. The van der Waals surface area contributed by atoms with Crippen molar-refractivity contribution in [3.8, 4) is 0 Å². The lowest BCUT2D eigenvalue weighted by Gasteiger charge is -2.28. The molecule has 0 bridgehead atoms. The van der Waals surface area contributed by atoms with Crippen LogP contribution in [0.2, 0.25) is 0 Å². The molecule has 0 radical (unpaired) electrons. The number of nitrogens with one attached hydrogen (secondary N) is 1. The molecule has 2 rings (SSSR count). The molecule has 6 heteroatoms. The summed E-state index contributed by atoms with van der Waals surface area (Å²) in [4.78, 5) is 22.2. The third-order valence-corrected chi connectivity index (χ3v) is 4.35. The van der Waals surface area contributed by atoms with Crippen LogP contribution in [0.4, 0.5) is 0 Å². The zero-order valence-electron chi connectivity index (χ0n) is 11.8. The molecule has 106 valence electrons. The molecule has 1 aliphatic rings. The normalized spacial score (nSPS) is 19.7. The molecule has 1 aliphatic heterocycles. The van der Waals surface area contributed by atoms with E-state index >= 15 is 0 Å². The molecule has 1 aromatic rings. The van der Waals surface area contributed by atoms with Gasteiger partial charge in [0, 0.05) is 13.0 Å². The summed E-state index contributed by atoms with van der Waals surface area (Å²) in [5.41, 5.74) is 2.90. The van der Waals surface area contributed by atoms with Crippen molar-refractivity contribution in [2.75, 3.05) is 33.9 Å². The second kappa shape index (κ2) is 6.45. The Labute approximate surface area is 118 Å². The quantitative estimate of drug-likeness (QED) is 0.878. The molecular weight excluding hydrogens is 260 g/mol. The maximum atomic E-state index is 12.6. The lowest BCUT2D eigenvalue weighted by Crippen LogP contribution is -2.44. The maximum absolute atomic E-state index is 12.6. The second-order valence-electron chi connectivity index (χ2n) is 4.96. The van der Waals surface area contributed by atoms with E-state index in [9.17, 15) is 4.79 Å². The summed E-state index contributed by atoms with van der Waals surface area (Å²) in [5, 5.41) is 3.13. The van der Waals surface area contributed by atoms with Crippen LogP contribution in [0.25, 0.3) is 0 Å². The van der Waals surface area contributed by atoms with E-state index in [2.05, 4.69) is 29.2 Å². The standard InChI is InChI=1S/C13H22N4OS/c1-4-6-16(3)9-17-7-5-10-12(19-8-15-10)11(14-2)13(17)18/h8,11,14H,4-7,9H2,1-3H3. The number of fused-ring (bicyclic) bond motifs is 1. The van der Waals surface area contributed by atoms with E-state index in [4.69, 9.17) is 0 Å². The van der Waals surface area contributed by atoms with Gasteiger partial charge in [-0.15, -0.1) is 11.3 Å². The number of carbonyl (C=O) groups is 1. The summed E-state index contributed by atoms with van der Waals surface area (Å²) >= 11 is 1.57. The first-order valence-electron chi connectivity index (χ1n) is 6.74. The first-order valence-corrected chi connectivity index (χ1v) is 7.62. The minimum atomic E-state index is -0.236. The van der Waals surface area contributed by atoms with Crippen LogP contribution in [0, 0.1) is 0 Å². The van der Waals surface area contributed by atoms with E-state index in [1.807, 2.05) is 17.5 Å². The summed E-state index contributed by atoms with van der Waals surface area (Å²) in [5.74, 6) is 0.161. The van der Waals surface area contributed by atoms with Crippen LogP contribution >= 0.6 is 11.3 Å². The predicted octanol–water partition coefficient (Wildman–Crippen LogP) is 1.09. The number of carbonyl (C=O) groups excluding carboxylic acids is 1. The predicted molar refractivity (Wildman–Crippen MR) is 77.1 cm³/mol. The number of amides is 1. The second-order valence-corrected chi connectivity index (χ2v) is 5.84. The Bertz CT molecular complexity index is 434. The molecule has 1 unspecified atom stereocenters. The number of aromatic nitrogens is 1. The van der Waals surface area contributed by atoms with E-state index in [1.165, 1.54) is 0 Å². The van der Waals surface area contributed by atoms with Gasteiger partial charge in [-0.1, -0.05) is 6.92 Å². The highest BCUT2D eigenvalue weighted by atomic mass is 32.1. The first-order chi connectivity index (χ1) is 9.17. The van der Waals surface area contributed by atoms with Crippen molar-refractivity contribution in [1.29, 1.82) is 0 Å². The van der Waals surface area contributed by atoms with Gasteiger partial charge in [0.25, 0.3) is 0 Å². The van der Waals surface area contributed by atoms with Gasteiger partial charge in [0.1, 0.15) is 6.04 Å². The van der Waals surface area contributed by atoms with E-state index < -0.39 is 0 Å². The third kappa shape index (κ3) is 3.13. The van der Waals surface area contributed by atoms with Gasteiger partial charge in [0.2, 0.25) is 5.91 Å². The smallest absolute Gasteiger partial charge is 0.246 e. The van der Waals surface area contributed by atoms with Gasteiger partial charge < -0.3 is 10.2 Å². The summed E-state index contributed by atoms with van der Waals surface area (Å²) in [6.07, 6.45) is 1.95.